The summed E-state index contributed by atoms with van der Waals surface area (Å²) in [4.78, 5) is 12.0. The molecule has 0 unspecified atom stereocenters. The number of H-pyrrole nitrogens is 1. The minimum Gasteiger partial charge on any atom is -0.494 e. The van der Waals surface area contributed by atoms with Crippen molar-refractivity contribution in [2.45, 2.75) is 33.6 Å². The van der Waals surface area contributed by atoms with Gasteiger partial charge in [0, 0.05) is 5.69 Å². The van der Waals surface area contributed by atoms with E-state index in [0.29, 0.717) is 18.0 Å². The Bertz CT molecular complexity index is 687. The Morgan fingerprint density at radius 2 is 2.04 bits per heavy atom. The molecule has 0 saturated carbocycles. The molecular weight excluding hydrogens is 292 g/mol. The Labute approximate surface area is 135 Å². The number of ether oxygens (including phenoxy) is 1. The normalized spacial score (nSPS) is 11.6. The standard InChI is InChI=1S/C17H22N4O2/c1-5-23-14-8-6-13(7-9-14)12(4)18-21-17(22)16-10-15(11(2)3)19-20-16/h6-11H,5H2,1-4H3,(H,19,20)(H,21,22). The molecule has 2 N–H and O–H groups in total. The molecule has 23 heavy (non-hydrogen) atoms. The van der Waals surface area contributed by atoms with Gasteiger partial charge in [0.05, 0.1) is 12.3 Å². The Hall–Kier alpha value is -2.63. The first-order valence-corrected chi connectivity index (χ1v) is 7.64. The number of amides is 1. The van der Waals surface area contributed by atoms with Gasteiger partial charge < -0.3 is 4.74 Å². The number of hydrogen-bond donors (Lipinski definition) is 2. The van der Waals surface area contributed by atoms with Crippen molar-refractivity contribution in [3.63, 3.8) is 0 Å². The largest absolute Gasteiger partial charge is 0.494 e. The minimum absolute atomic E-state index is 0.290. The van der Waals surface area contributed by atoms with Crippen molar-refractivity contribution in [2.75, 3.05) is 6.61 Å². The Balaban J connectivity index is 2.01. The summed E-state index contributed by atoms with van der Waals surface area (Å²) >= 11 is 0. The molecule has 1 amide bonds. The highest BCUT2D eigenvalue weighted by molar-refractivity contribution is 6.00. The molecule has 0 atom stereocenters. The summed E-state index contributed by atoms with van der Waals surface area (Å²) in [5.74, 6) is 0.766. The van der Waals surface area contributed by atoms with E-state index < -0.39 is 0 Å². The van der Waals surface area contributed by atoms with Crippen LogP contribution in [-0.4, -0.2) is 28.4 Å². The van der Waals surface area contributed by atoms with Crippen LogP contribution in [0.2, 0.25) is 0 Å². The first-order valence-electron chi connectivity index (χ1n) is 7.64. The third kappa shape index (κ3) is 4.42. The van der Waals surface area contributed by atoms with Crippen LogP contribution >= 0.6 is 0 Å². The Morgan fingerprint density at radius 3 is 2.61 bits per heavy atom. The second kappa shape index (κ2) is 7.58. The number of nitrogens with one attached hydrogen (secondary N) is 2. The number of nitrogens with zero attached hydrogens (tertiary/aromatic N) is 2. The molecule has 0 spiro atoms. The Kier molecular flexibility index (Phi) is 5.51. The average molecular weight is 314 g/mol. The molecule has 0 aliphatic heterocycles. The number of aromatic amines is 1. The first kappa shape index (κ1) is 16.7. The molecule has 0 fully saturated rings. The quantitative estimate of drug-likeness (QED) is 0.635. The third-order valence-corrected chi connectivity index (χ3v) is 3.36. The molecule has 122 valence electrons. The second-order valence-corrected chi connectivity index (χ2v) is 5.46. The summed E-state index contributed by atoms with van der Waals surface area (Å²) in [5.41, 5.74) is 5.40. The van der Waals surface area contributed by atoms with E-state index in [1.54, 1.807) is 6.07 Å². The lowest BCUT2D eigenvalue weighted by molar-refractivity contribution is 0.0950. The predicted molar refractivity (Wildman–Crippen MR) is 90.0 cm³/mol. The number of rotatable bonds is 6. The summed E-state index contributed by atoms with van der Waals surface area (Å²) in [7, 11) is 0. The summed E-state index contributed by atoms with van der Waals surface area (Å²) in [5, 5.41) is 11.0. The number of benzene rings is 1. The first-order chi connectivity index (χ1) is 11.0. The van der Waals surface area contributed by atoms with Crippen LogP contribution in [0.25, 0.3) is 0 Å². The monoisotopic (exact) mass is 314 g/mol. The molecule has 1 heterocycles. The fourth-order valence-corrected chi connectivity index (χ4v) is 1.96. The number of carbonyl (C=O) groups is 1. The predicted octanol–water partition coefficient (Wildman–Crippen LogP) is 3.09. The van der Waals surface area contributed by atoms with Crippen LogP contribution in [0, 0.1) is 0 Å². The van der Waals surface area contributed by atoms with Crippen molar-refractivity contribution in [1.82, 2.24) is 15.6 Å². The zero-order valence-corrected chi connectivity index (χ0v) is 13.9. The maximum absolute atomic E-state index is 12.0. The van der Waals surface area contributed by atoms with Gasteiger partial charge in [0.25, 0.3) is 5.91 Å². The van der Waals surface area contributed by atoms with Gasteiger partial charge in [0.1, 0.15) is 5.75 Å². The molecule has 0 aliphatic rings. The van der Waals surface area contributed by atoms with Crippen LogP contribution in [-0.2, 0) is 0 Å². The van der Waals surface area contributed by atoms with Crippen molar-refractivity contribution in [3.05, 3.63) is 47.3 Å². The molecule has 6 heteroatoms. The fourth-order valence-electron chi connectivity index (χ4n) is 1.96. The number of carbonyl (C=O) groups excluding carboxylic acids is 1. The highest BCUT2D eigenvalue weighted by Crippen LogP contribution is 2.13. The smallest absolute Gasteiger partial charge is 0.291 e. The summed E-state index contributed by atoms with van der Waals surface area (Å²) in [6, 6.07) is 9.30. The fraction of sp³-hybridized carbons (Fsp3) is 0.353. The zero-order chi connectivity index (χ0) is 16.8. The molecule has 2 rings (SSSR count). The second-order valence-electron chi connectivity index (χ2n) is 5.46. The maximum atomic E-state index is 12.0. The minimum atomic E-state index is -0.335. The topological polar surface area (TPSA) is 79.4 Å². The average Bonchev–Trinajstić information content (AvgIpc) is 3.03. The van der Waals surface area contributed by atoms with Crippen molar-refractivity contribution in [1.29, 1.82) is 0 Å². The molecule has 1 aromatic heterocycles. The van der Waals surface area contributed by atoms with Gasteiger partial charge in [-0.2, -0.15) is 10.2 Å². The van der Waals surface area contributed by atoms with E-state index >= 15 is 0 Å². The third-order valence-electron chi connectivity index (χ3n) is 3.36. The zero-order valence-electron chi connectivity index (χ0n) is 13.9. The number of aromatic nitrogens is 2. The van der Waals surface area contributed by atoms with Crippen molar-refractivity contribution in [2.24, 2.45) is 5.10 Å². The van der Waals surface area contributed by atoms with E-state index in [1.165, 1.54) is 0 Å². The van der Waals surface area contributed by atoms with Crippen molar-refractivity contribution < 1.29 is 9.53 Å². The van der Waals surface area contributed by atoms with Crippen LogP contribution in [0.5, 0.6) is 5.75 Å². The molecule has 1 aromatic carbocycles. The van der Waals surface area contributed by atoms with Gasteiger partial charge in [-0.3, -0.25) is 9.89 Å². The lowest BCUT2D eigenvalue weighted by Gasteiger charge is -2.05. The molecular formula is C17H22N4O2. The lowest BCUT2D eigenvalue weighted by atomic mass is 10.1. The number of hydrogen-bond acceptors (Lipinski definition) is 4. The van der Waals surface area contributed by atoms with E-state index in [0.717, 1.165) is 17.0 Å². The summed E-state index contributed by atoms with van der Waals surface area (Å²) in [6.07, 6.45) is 0. The van der Waals surface area contributed by atoms with E-state index in [9.17, 15) is 4.79 Å². The SMILES string of the molecule is CCOc1ccc(C(C)=NNC(=O)c2cc(C(C)C)[nH]n2)cc1. The van der Waals surface area contributed by atoms with Crippen molar-refractivity contribution >= 4 is 11.6 Å². The molecule has 6 nitrogen and oxygen atoms in total. The number of hydrazone groups is 1. The highest BCUT2D eigenvalue weighted by atomic mass is 16.5. The van der Waals surface area contributed by atoms with Crippen LogP contribution in [0.15, 0.2) is 35.4 Å². The van der Waals surface area contributed by atoms with E-state index in [-0.39, 0.29) is 11.8 Å². The lowest BCUT2D eigenvalue weighted by Crippen LogP contribution is -2.19. The van der Waals surface area contributed by atoms with Gasteiger partial charge >= 0.3 is 0 Å². The van der Waals surface area contributed by atoms with Crippen molar-refractivity contribution in [3.8, 4) is 5.75 Å². The highest BCUT2D eigenvalue weighted by Gasteiger charge is 2.11. The maximum Gasteiger partial charge on any atom is 0.291 e. The summed E-state index contributed by atoms with van der Waals surface area (Å²) in [6.45, 7) is 8.47. The molecule has 0 bridgehead atoms. The van der Waals surface area contributed by atoms with E-state index in [1.807, 2.05) is 52.0 Å². The van der Waals surface area contributed by atoms with E-state index in [4.69, 9.17) is 4.74 Å². The van der Waals surface area contributed by atoms with Gasteiger partial charge in [-0.15, -0.1) is 0 Å². The van der Waals surface area contributed by atoms with Gasteiger partial charge in [-0.05, 0) is 55.7 Å². The van der Waals surface area contributed by atoms with Gasteiger partial charge in [-0.25, -0.2) is 5.43 Å². The van der Waals surface area contributed by atoms with Gasteiger partial charge in [0.15, 0.2) is 5.69 Å². The van der Waals surface area contributed by atoms with E-state index in [2.05, 4.69) is 20.7 Å². The Morgan fingerprint density at radius 1 is 1.35 bits per heavy atom. The van der Waals surface area contributed by atoms with Crippen LogP contribution in [0.1, 0.15) is 55.4 Å². The van der Waals surface area contributed by atoms with Crippen LogP contribution < -0.4 is 10.2 Å². The molecule has 0 radical (unpaired) electrons. The molecule has 2 aromatic rings. The molecule has 0 aliphatic carbocycles. The van der Waals surface area contributed by atoms with Gasteiger partial charge in [-0.1, -0.05) is 13.8 Å². The molecule has 0 saturated heterocycles. The van der Waals surface area contributed by atoms with Crippen LogP contribution in [0.3, 0.4) is 0 Å². The summed E-state index contributed by atoms with van der Waals surface area (Å²) < 4.78 is 5.40. The van der Waals surface area contributed by atoms with Gasteiger partial charge in [0.2, 0.25) is 0 Å². The van der Waals surface area contributed by atoms with Crippen LogP contribution in [0.4, 0.5) is 0 Å².